The van der Waals surface area contributed by atoms with Crippen LogP contribution in [0.4, 0.5) is 5.69 Å². The predicted octanol–water partition coefficient (Wildman–Crippen LogP) is 4.67. The normalized spacial score (nSPS) is 21.7. The molecular weight excluding hydrogens is 364 g/mol. The molecule has 1 fully saturated rings. The van der Waals surface area contributed by atoms with Crippen LogP contribution in [0.2, 0.25) is 0 Å². The molecule has 0 bridgehead atoms. The van der Waals surface area contributed by atoms with Crippen molar-refractivity contribution in [2.45, 2.75) is 65.9 Å². The van der Waals surface area contributed by atoms with Crippen LogP contribution in [0.3, 0.4) is 0 Å². The Kier molecular flexibility index (Phi) is 6.56. The zero-order valence-corrected chi connectivity index (χ0v) is 18.2. The molecule has 29 heavy (non-hydrogen) atoms. The topological polar surface area (TPSA) is 59.0 Å². The number of carbonyl (C=O) groups is 2. The molecule has 1 aliphatic heterocycles. The number of ketones is 1. The smallest absolute Gasteiger partial charge is 0.336 e. The standard InChI is InChI=1S/C24H32N2O3/c1-6-26(7-2)18-13-11-17(12-14-18)22-21(24(28)29-15(3)4)16(5)25-19-9-8-10-20(27)23(19)22/h11-15,22-23H,6-10H2,1-5H3/t22-,23?/m0/s1. The zero-order valence-electron chi connectivity index (χ0n) is 18.2. The lowest BCUT2D eigenvalue weighted by atomic mass is 9.69. The van der Waals surface area contributed by atoms with Gasteiger partial charge in [0.05, 0.1) is 17.6 Å². The molecule has 0 N–H and O–H groups in total. The molecule has 0 aromatic heterocycles. The van der Waals surface area contributed by atoms with E-state index in [4.69, 9.17) is 4.74 Å². The van der Waals surface area contributed by atoms with E-state index in [-0.39, 0.29) is 29.7 Å². The van der Waals surface area contributed by atoms with Gasteiger partial charge in [0.1, 0.15) is 5.78 Å². The van der Waals surface area contributed by atoms with E-state index in [9.17, 15) is 9.59 Å². The number of aliphatic imine (C=N–C) groups is 1. The molecule has 0 radical (unpaired) electrons. The lowest BCUT2D eigenvalue weighted by Gasteiger charge is -2.36. The first-order valence-electron chi connectivity index (χ1n) is 10.7. The van der Waals surface area contributed by atoms with E-state index in [0.717, 1.165) is 42.9 Å². The number of rotatable bonds is 6. The van der Waals surface area contributed by atoms with Gasteiger partial charge in [-0.3, -0.25) is 9.79 Å². The van der Waals surface area contributed by atoms with Gasteiger partial charge in [-0.15, -0.1) is 0 Å². The van der Waals surface area contributed by atoms with Gasteiger partial charge in [-0.05, 0) is 65.2 Å². The summed E-state index contributed by atoms with van der Waals surface area (Å²) < 4.78 is 5.54. The largest absolute Gasteiger partial charge is 0.460 e. The fourth-order valence-corrected chi connectivity index (χ4v) is 4.50. The van der Waals surface area contributed by atoms with Gasteiger partial charge in [0.15, 0.2) is 0 Å². The van der Waals surface area contributed by atoms with Crippen molar-refractivity contribution in [1.29, 1.82) is 0 Å². The second kappa shape index (κ2) is 8.93. The Morgan fingerprint density at radius 1 is 1.14 bits per heavy atom. The number of hydrogen-bond acceptors (Lipinski definition) is 5. The highest BCUT2D eigenvalue weighted by molar-refractivity contribution is 6.11. The number of carbonyl (C=O) groups excluding carboxylic acids is 2. The maximum Gasteiger partial charge on any atom is 0.336 e. The molecule has 1 unspecified atom stereocenters. The van der Waals surface area contributed by atoms with E-state index in [1.165, 1.54) is 0 Å². The summed E-state index contributed by atoms with van der Waals surface area (Å²) in [5.74, 6) is -0.875. The first kappa shape index (κ1) is 21.3. The maximum absolute atomic E-state index is 13.0. The highest BCUT2D eigenvalue weighted by atomic mass is 16.5. The molecule has 0 spiro atoms. The lowest BCUT2D eigenvalue weighted by molar-refractivity contribution is -0.143. The van der Waals surface area contributed by atoms with E-state index in [1.807, 2.05) is 20.8 Å². The molecular formula is C24H32N2O3. The number of allylic oxidation sites excluding steroid dienone is 1. The van der Waals surface area contributed by atoms with Gasteiger partial charge in [-0.2, -0.15) is 0 Å². The molecule has 1 aromatic rings. The molecule has 3 rings (SSSR count). The molecule has 2 atom stereocenters. The van der Waals surface area contributed by atoms with Crippen LogP contribution in [0.15, 0.2) is 40.5 Å². The number of ether oxygens (including phenoxy) is 1. The summed E-state index contributed by atoms with van der Waals surface area (Å²) in [4.78, 5) is 32.9. The first-order chi connectivity index (χ1) is 13.9. The molecule has 1 saturated carbocycles. The van der Waals surface area contributed by atoms with E-state index >= 15 is 0 Å². The minimum Gasteiger partial charge on any atom is -0.460 e. The molecule has 5 nitrogen and oxygen atoms in total. The van der Waals surface area contributed by atoms with Crippen LogP contribution in [-0.4, -0.2) is 36.7 Å². The van der Waals surface area contributed by atoms with Gasteiger partial charge < -0.3 is 9.64 Å². The Morgan fingerprint density at radius 3 is 2.38 bits per heavy atom. The molecule has 1 aliphatic carbocycles. The number of hydrogen-bond donors (Lipinski definition) is 0. The van der Waals surface area contributed by atoms with Crippen LogP contribution in [0.1, 0.15) is 65.4 Å². The van der Waals surface area contributed by atoms with Gasteiger partial charge in [-0.1, -0.05) is 12.1 Å². The molecule has 156 valence electrons. The Labute approximate surface area is 173 Å². The molecule has 5 heteroatoms. The summed E-state index contributed by atoms with van der Waals surface area (Å²) in [6.07, 6.45) is 1.97. The Hall–Kier alpha value is -2.43. The van der Waals surface area contributed by atoms with Crippen molar-refractivity contribution in [3.63, 3.8) is 0 Å². The van der Waals surface area contributed by atoms with Crippen LogP contribution >= 0.6 is 0 Å². The van der Waals surface area contributed by atoms with Crippen molar-refractivity contribution < 1.29 is 14.3 Å². The number of fused-ring (bicyclic) bond motifs is 1. The van der Waals surface area contributed by atoms with Crippen molar-refractivity contribution in [3.05, 3.63) is 41.1 Å². The van der Waals surface area contributed by atoms with E-state index in [2.05, 4.69) is 48.0 Å². The minimum absolute atomic E-state index is 0.176. The van der Waals surface area contributed by atoms with Gasteiger partial charge in [0.2, 0.25) is 0 Å². The predicted molar refractivity (Wildman–Crippen MR) is 116 cm³/mol. The molecule has 1 aromatic carbocycles. The monoisotopic (exact) mass is 396 g/mol. The van der Waals surface area contributed by atoms with Crippen LogP contribution in [0, 0.1) is 5.92 Å². The van der Waals surface area contributed by atoms with Gasteiger partial charge >= 0.3 is 5.97 Å². The average Bonchev–Trinajstić information content (AvgIpc) is 2.68. The van der Waals surface area contributed by atoms with Crippen LogP contribution in [0.25, 0.3) is 0 Å². The second-order valence-electron chi connectivity index (χ2n) is 8.10. The number of Topliss-reactive ketones (excluding diaryl/α,β-unsaturated/α-hetero) is 1. The number of benzene rings is 1. The fourth-order valence-electron chi connectivity index (χ4n) is 4.50. The first-order valence-corrected chi connectivity index (χ1v) is 10.7. The molecule has 1 heterocycles. The van der Waals surface area contributed by atoms with Gasteiger partial charge in [0, 0.05) is 42.5 Å². The fraction of sp³-hybridized carbons (Fsp3) is 0.542. The van der Waals surface area contributed by atoms with Gasteiger partial charge in [-0.25, -0.2) is 4.79 Å². The highest BCUT2D eigenvalue weighted by Gasteiger charge is 2.43. The van der Waals surface area contributed by atoms with Crippen molar-refractivity contribution in [2.75, 3.05) is 18.0 Å². The summed E-state index contributed by atoms with van der Waals surface area (Å²) in [6, 6.07) is 8.28. The van der Waals surface area contributed by atoms with Crippen molar-refractivity contribution in [2.24, 2.45) is 10.9 Å². The Bertz CT molecular complexity index is 832. The molecule has 2 aliphatic rings. The zero-order chi connectivity index (χ0) is 21.1. The van der Waals surface area contributed by atoms with E-state index in [1.54, 1.807) is 0 Å². The average molecular weight is 397 g/mol. The molecule has 0 saturated heterocycles. The van der Waals surface area contributed by atoms with Crippen LogP contribution in [0.5, 0.6) is 0 Å². The third kappa shape index (κ3) is 4.29. The quantitative estimate of drug-likeness (QED) is 0.656. The third-order valence-corrected chi connectivity index (χ3v) is 5.85. The number of nitrogens with zero attached hydrogens (tertiary/aromatic N) is 2. The van der Waals surface area contributed by atoms with Crippen molar-refractivity contribution in [3.8, 4) is 0 Å². The lowest BCUT2D eigenvalue weighted by Crippen LogP contribution is -2.39. The summed E-state index contributed by atoms with van der Waals surface area (Å²) in [7, 11) is 0. The van der Waals surface area contributed by atoms with Crippen LogP contribution < -0.4 is 4.90 Å². The maximum atomic E-state index is 13.0. The highest BCUT2D eigenvalue weighted by Crippen LogP contribution is 2.43. The minimum atomic E-state index is -0.364. The summed E-state index contributed by atoms with van der Waals surface area (Å²) in [5.41, 5.74) is 4.24. The second-order valence-corrected chi connectivity index (χ2v) is 8.10. The van der Waals surface area contributed by atoms with Gasteiger partial charge in [0.25, 0.3) is 0 Å². The third-order valence-electron chi connectivity index (χ3n) is 5.85. The van der Waals surface area contributed by atoms with Crippen molar-refractivity contribution in [1.82, 2.24) is 0 Å². The number of anilines is 1. The van der Waals surface area contributed by atoms with Crippen LogP contribution in [-0.2, 0) is 14.3 Å². The summed E-state index contributed by atoms with van der Waals surface area (Å²) in [5, 5.41) is 0. The van der Waals surface area contributed by atoms with E-state index < -0.39 is 0 Å². The Balaban J connectivity index is 2.06. The SMILES string of the molecule is CCN(CC)c1ccc([C@H]2C(C(=O)OC(C)C)=C(C)N=C3CCCC(=O)C32)cc1. The summed E-state index contributed by atoms with van der Waals surface area (Å²) in [6.45, 7) is 11.7. The Morgan fingerprint density at radius 2 is 1.79 bits per heavy atom. The summed E-state index contributed by atoms with van der Waals surface area (Å²) >= 11 is 0. The number of esters is 1. The molecule has 0 amide bonds. The van der Waals surface area contributed by atoms with E-state index in [0.29, 0.717) is 17.7 Å². The van der Waals surface area contributed by atoms with Crippen molar-refractivity contribution >= 4 is 23.2 Å².